The van der Waals surface area contributed by atoms with Crippen molar-refractivity contribution in [3.63, 3.8) is 0 Å². The van der Waals surface area contributed by atoms with Gasteiger partial charge >= 0.3 is 11.9 Å². The molecule has 2 aromatic rings. The Hall–Kier alpha value is -4.30. The number of phenolic OH excluding ortho intramolecular Hbond substituents is 2. The van der Waals surface area contributed by atoms with Crippen LogP contribution in [0.4, 0.5) is 0 Å². The van der Waals surface area contributed by atoms with Gasteiger partial charge < -0.3 is 107 Å². The van der Waals surface area contributed by atoms with Crippen LogP contribution in [0.1, 0.15) is 110 Å². The van der Waals surface area contributed by atoms with Gasteiger partial charge in [0.2, 0.25) is 6.29 Å². The number of rotatable bonds is 18. The molecule has 1 aliphatic carbocycles. The predicted molar refractivity (Wildman–Crippen MR) is 278 cm³/mol. The molecule has 6 aliphatic rings. The van der Waals surface area contributed by atoms with Gasteiger partial charge in [-0.2, -0.15) is 0 Å². The van der Waals surface area contributed by atoms with Crippen LogP contribution >= 0.6 is 0 Å². The molecule has 8 N–H and O–H groups in total. The van der Waals surface area contributed by atoms with E-state index in [4.69, 9.17) is 66.3 Å². The lowest BCUT2D eigenvalue weighted by Crippen LogP contribution is -2.59. The van der Waals surface area contributed by atoms with Crippen molar-refractivity contribution in [3.05, 3.63) is 29.3 Å². The highest BCUT2D eigenvalue weighted by molar-refractivity contribution is 6.11. The lowest BCUT2D eigenvalue weighted by Gasteiger charge is -2.46. The molecule has 26 nitrogen and oxygen atoms in total. The first-order chi connectivity index (χ1) is 38.6. The van der Waals surface area contributed by atoms with Gasteiger partial charge in [0, 0.05) is 72.2 Å². The fraction of sp³-hybridized carbons (Fsp3) is 0.750. The maximum atomic E-state index is 15.1. The number of hydrogen-bond donors (Lipinski definition) is 8. The quantitative estimate of drug-likeness (QED) is 0.0973. The van der Waals surface area contributed by atoms with E-state index in [9.17, 15) is 55.2 Å². The van der Waals surface area contributed by atoms with Gasteiger partial charge in [-0.15, -0.1) is 0 Å². The van der Waals surface area contributed by atoms with Crippen LogP contribution in [-0.2, 0) is 82.4 Å². The van der Waals surface area contributed by atoms with Crippen molar-refractivity contribution in [2.45, 2.75) is 248 Å². The third kappa shape index (κ3) is 13.8. The van der Waals surface area contributed by atoms with E-state index >= 15 is 4.79 Å². The summed E-state index contributed by atoms with van der Waals surface area (Å²) in [6.45, 7) is 13.3. The maximum Gasteiger partial charge on any atom is 0.303 e. The zero-order valence-corrected chi connectivity index (χ0v) is 47.8. The summed E-state index contributed by atoms with van der Waals surface area (Å²) >= 11 is 0. The molecule has 2 aromatic carbocycles. The van der Waals surface area contributed by atoms with Crippen LogP contribution < -0.4 is 4.74 Å². The molecule has 0 radical (unpaired) electrons. The molecule has 5 fully saturated rings. The van der Waals surface area contributed by atoms with Crippen LogP contribution in [0.3, 0.4) is 0 Å². The monoisotopic (exact) mass is 1170 g/mol. The summed E-state index contributed by atoms with van der Waals surface area (Å²) in [6, 6.07) is 4.19. The molecule has 460 valence electrons. The molecule has 0 saturated carbocycles. The fourth-order valence-electron chi connectivity index (χ4n) is 12.3. The number of hydrogen-bond acceptors (Lipinski definition) is 26. The molecule has 0 aromatic heterocycles. The van der Waals surface area contributed by atoms with E-state index < -0.39 is 188 Å². The normalized spacial score (nSPS) is 40.1. The van der Waals surface area contributed by atoms with Crippen LogP contribution in [-0.4, -0.2) is 225 Å². The van der Waals surface area contributed by atoms with E-state index in [1.807, 2.05) is 0 Å². The zero-order chi connectivity index (χ0) is 60.0. The molecule has 5 heterocycles. The lowest BCUT2D eigenvalue weighted by atomic mass is 9.75. The number of ether oxygens (including phenoxy) is 14. The second kappa shape index (κ2) is 26.1. The van der Waals surface area contributed by atoms with Crippen molar-refractivity contribution in [2.24, 2.45) is 5.92 Å². The molecule has 25 atom stereocenters. The second-order valence-corrected chi connectivity index (χ2v) is 22.7. The minimum Gasteiger partial charge on any atom is -0.507 e. The van der Waals surface area contributed by atoms with Crippen LogP contribution in [0, 0.1) is 5.92 Å². The van der Waals surface area contributed by atoms with Crippen molar-refractivity contribution in [1.82, 2.24) is 0 Å². The Labute approximate surface area is 473 Å². The Morgan fingerprint density at radius 1 is 0.683 bits per heavy atom. The third-order valence-corrected chi connectivity index (χ3v) is 16.2. The predicted octanol–water partition coefficient (Wildman–Crippen LogP) is 1.24. The molecular formula is C56H80O26. The molecule has 0 unspecified atom stereocenters. The van der Waals surface area contributed by atoms with Crippen molar-refractivity contribution >= 4 is 34.3 Å². The van der Waals surface area contributed by atoms with E-state index in [0.29, 0.717) is 0 Å². The Balaban J connectivity index is 1.02. The molecule has 0 bridgehead atoms. The van der Waals surface area contributed by atoms with E-state index in [2.05, 4.69) is 0 Å². The maximum absolute atomic E-state index is 15.1. The van der Waals surface area contributed by atoms with Crippen LogP contribution in [0.5, 0.6) is 17.2 Å². The number of benzene rings is 2. The number of carbonyl (C=O) groups excluding carboxylic acids is 4. The van der Waals surface area contributed by atoms with E-state index in [-0.39, 0.29) is 66.2 Å². The molecule has 82 heavy (non-hydrogen) atoms. The number of ketones is 2. The molecular weight excluding hydrogens is 1090 g/mol. The van der Waals surface area contributed by atoms with Gasteiger partial charge in [0.1, 0.15) is 65.6 Å². The van der Waals surface area contributed by atoms with Crippen LogP contribution in [0.2, 0.25) is 0 Å². The zero-order valence-electron chi connectivity index (χ0n) is 47.8. The summed E-state index contributed by atoms with van der Waals surface area (Å²) in [5.41, 5.74) is -1.65. The summed E-state index contributed by atoms with van der Waals surface area (Å²) in [4.78, 5) is 53.0. The van der Waals surface area contributed by atoms with Crippen molar-refractivity contribution in [3.8, 4) is 17.2 Å². The highest BCUT2D eigenvalue weighted by Crippen LogP contribution is 2.46. The first kappa shape index (κ1) is 63.7. The average molecular weight is 1170 g/mol. The highest BCUT2D eigenvalue weighted by Gasteiger charge is 2.52. The smallest absolute Gasteiger partial charge is 0.303 e. The summed E-state index contributed by atoms with van der Waals surface area (Å²) in [6.07, 6.45) is -25.8. The van der Waals surface area contributed by atoms with Crippen molar-refractivity contribution in [1.29, 1.82) is 0 Å². The number of carbonyl (C=O) groups is 4. The van der Waals surface area contributed by atoms with Gasteiger partial charge in [-0.3, -0.25) is 19.2 Å². The van der Waals surface area contributed by atoms with Gasteiger partial charge in [0.25, 0.3) is 0 Å². The third-order valence-electron chi connectivity index (χ3n) is 16.2. The summed E-state index contributed by atoms with van der Waals surface area (Å²) in [5, 5.41) is 89.5. The molecule has 0 amide bonds. The first-order valence-corrected chi connectivity index (χ1v) is 27.8. The van der Waals surface area contributed by atoms with Gasteiger partial charge in [-0.05, 0) is 78.0 Å². The van der Waals surface area contributed by atoms with E-state index in [1.165, 1.54) is 67.0 Å². The number of esters is 2. The molecule has 26 heteroatoms. The van der Waals surface area contributed by atoms with E-state index in [1.54, 1.807) is 27.7 Å². The summed E-state index contributed by atoms with van der Waals surface area (Å²) in [7, 11) is 2.64. The molecule has 0 spiro atoms. The minimum absolute atomic E-state index is 0.0246. The molecule has 5 saturated heterocycles. The van der Waals surface area contributed by atoms with Crippen LogP contribution in [0.25, 0.3) is 10.8 Å². The van der Waals surface area contributed by atoms with Gasteiger partial charge in [0.15, 0.2) is 48.9 Å². The Kier molecular flexibility index (Phi) is 20.3. The Morgan fingerprint density at radius 3 is 1.79 bits per heavy atom. The fourth-order valence-corrected chi connectivity index (χ4v) is 12.3. The molecule has 8 rings (SSSR count). The number of aromatic hydroxyl groups is 2. The molecule has 5 aliphatic heterocycles. The lowest BCUT2D eigenvalue weighted by molar-refractivity contribution is -0.334. The largest absolute Gasteiger partial charge is 0.507 e. The minimum atomic E-state index is -1.96. The van der Waals surface area contributed by atoms with Crippen molar-refractivity contribution in [2.75, 3.05) is 14.2 Å². The van der Waals surface area contributed by atoms with Gasteiger partial charge in [-0.1, -0.05) is 0 Å². The number of phenols is 2. The van der Waals surface area contributed by atoms with Crippen LogP contribution in [0.15, 0.2) is 18.2 Å². The topological polar surface area (TPSA) is 359 Å². The number of Topliss-reactive ketones (excluding diaryl/α,β-unsaturated/α-hetero) is 2. The average Bonchev–Trinajstić information content (AvgIpc) is 1.48. The Morgan fingerprint density at radius 2 is 1.22 bits per heavy atom. The van der Waals surface area contributed by atoms with Gasteiger partial charge in [0.05, 0.1) is 65.9 Å². The summed E-state index contributed by atoms with van der Waals surface area (Å²) < 4.78 is 83.9. The standard InChI is InChI=1S/C56H80O26/c1-21(57)45(62)50(67)53(70-11)32-14-30-12-29-13-31(78-39-19-37(52(25(5)74-39)76-27(7)58)81-38-16-34(61)51(69-10)24(4)73-38)15-33(60)43(29)48(65)44(30)49(66)54(32)82-41-18-35(46(63)23(3)72-41)79-40-17-36(47(64)22(2)71-40)80-42-20-56(9,68)55(26(6)75-42)77-28(8)59/h12-13,15,21-26,32,34-42,45-47,51-55,57,60-65,68H,14,16-20H2,1-11H3/t21-,22-,23-,24-,25-,26+,32+,34-,35-,36-,37-,38-,39+,40+,41+,42+,45+,46-,47-,51+,52+,53+,54+,55+,56+/m1/s1. The number of aliphatic hydroxyl groups excluding tert-OH is 5. The number of fused-ring (bicyclic) bond motifs is 2. The van der Waals surface area contributed by atoms with Crippen molar-refractivity contribution < 1.29 is 126 Å². The Bertz CT molecular complexity index is 2570. The second-order valence-electron chi connectivity index (χ2n) is 22.7. The SMILES string of the molecule is CO[C@@H]1[C@H](O)C[C@@H](O[C@@H]2C[C@H](Oc3cc(O)c4c(O)c5c(cc4c3)C[C@@H]([C@H](OC)C(=O)[C@@H](O)[C@@H](C)O)[C@H](O[C@H]3C[C@@H](O[C@H]4C[C@@H](O[C@H]6C[C@](C)(O)[C@@H](OC(C)=O)[C@H](C)O6)[C@H](O)[C@@H](C)O4)[C@H](O)[C@@H](C)O3)C5=O)O[C@H](C)[C@@H]2OC(C)=O)O[C@@H]1C. The first-order valence-electron chi connectivity index (χ1n) is 27.8. The van der Waals surface area contributed by atoms with Gasteiger partial charge in [-0.25, -0.2) is 0 Å². The highest BCUT2D eigenvalue weighted by atomic mass is 16.7. The summed E-state index contributed by atoms with van der Waals surface area (Å²) in [5.74, 6) is -5.43. The number of methoxy groups -OCH3 is 2. The number of aliphatic hydroxyl groups is 6. The van der Waals surface area contributed by atoms with E-state index in [0.717, 1.165) is 0 Å².